The first kappa shape index (κ1) is 17.5. The first-order chi connectivity index (χ1) is 12.0. The van der Waals surface area contributed by atoms with Crippen molar-refractivity contribution in [1.82, 2.24) is 4.98 Å². The second-order valence-electron chi connectivity index (χ2n) is 5.73. The minimum atomic E-state index is -0.815. The molecule has 2 N–H and O–H groups in total. The summed E-state index contributed by atoms with van der Waals surface area (Å²) in [5.74, 6) is -1.37. The lowest BCUT2D eigenvalue weighted by molar-refractivity contribution is -0.118. The van der Waals surface area contributed by atoms with Gasteiger partial charge < -0.3 is 5.73 Å². The van der Waals surface area contributed by atoms with Gasteiger partial charge in [-0.3, -0.25) is 9.78 Å². The van der Waals surface area contributed by atoms with Gasteiger partial charge in [0.05, 0.1) is 11.4 Å². The molecule has 0 fully saturated rings. The third-order valence-corrected chi connectivity index (χ3v) is 4.72. The van der Waals surface area contributed by atoms with Crippen molar-refractivity contribution >= 4 is 29.1 Å². The van der Waals surface area contributed by atoms with Gasteiger partial charge in [0.15, 0.2) is 0 Å². The van der Waals surface area contributed by atoms with E-state index >= 15 is 0 Å². The molecule has 0 saturated carbocycles. The molecule has 126 valence electrons. The fraction of sp³-hybridized carbons (Fsp3) is 0.100. The normalized spacial score (nSPS) is 12.0. The number of primary amides is 1. The van der Waals surface area contributed by atoms with Crippen LogP contribution in [-0.2, 0) is 4.79 Å². The Labute approximate surface area is 156 Å². The molecule has 1 unspecified atom stereocenters. The molecule has 1 heterocycles. The fourth-order valence-electron chi connectivity index (χ4n) is 2.84. The summed E-state index contributed by atoms with van der Waals surface area (Å²) in [5.41, 5.74) is 9.52. The Morgan fingerprint density at radius 3 is 2.24 bits per heavy atom. The Balaban J connectivity index is 2.15. The van der Waals surface area contributed by atoms with Crippen molar-refractivity contribution in [2.24, 2.45) is 5.73 Å². The molecule has 3 rings (SSSR count). The summed E-state index contributed by atoms with van der Waals surface area (Å²) >= 11 is 12.6. The third-order valence-electron chi connectivity index (χ3n) is 4.06. The van der Waals surface area contributed by atoms with E-state index in [0.29, 0.717) is 21.3 Å². The van der Waals surface area contributed by atoms with Gasteiger partial charge in [0.2, 0.25) is 5.91 Å². The maximum Gasteiger partial charge on any atom is 0.231 e. The predicted octanol–water partition coefficient (Wildman–Crippen LogP) is 4.98. The van der Waals surface area contributed by atoms with Crippen molar-refractivity contribution in [3.05, 3.63) is 87.5 Å². The van der Waals surface area contributed by atoms with Crippen molar-refractivity contribution in [3.8, 4) is 11.3 Å². The molecule has 0 aliphatic rings. The van der Waals surface area contributed by atoms with Crippen molar-refractivity contribution in [2.75, 3.05) is 0 Å². The predicted molar refractivity (Wildman–Crippen MR) is 102 cm³/mol. The molecule has 3 nitrogen and oxygen atoms in total. The molecule has 25 heavy (non-hydrogen) atoms. The summed E-state index contributed by atoms with van der Waals surface area (Å²) in [7, 11) is 0. The zero-order valence-electron chi connectivity index (χ0n) is 13.5. The SMILES string of the molecule is Cc1ccccc1-c1cccc(C(C(N)=O)c2c(Cl)cccc2Cl)n1. The Morgan fingerprint density at radius 1 is 0.960 bits per heavy atom. The fourth-order valence-corrected chi connectivity index (χ4v) is 3.46. The molecular weight excluding hydrogens is 355 g/mol. The molecule has 5 heteroatoms. The van der Waals surface area contributed by atoms with Gasteiger partial charge in [-0.25, -0.2) is 0 Å². The number of hydrogen-bond donors (Lipinski definition) is 1. The zero-order chi connectivity index (χ0) is 18.0. The van der Waals surface area contributed by atoms with E-state index in [2.05, 4.69) is 4.98 Å². The van der Waals surface area contributed by atoms with E-state index in [1.807, 2.05) is 43.3 Å². The van der Waals surface area contributed by atoms with E-state index in [0.717, 1.165) is 16.8 Å². The molecule has 1 amide bonds. The van der Waals surface area contributed by atoms with Crippen LogP contribution >= 0.6 is 23.2 Å². The zero-order valence-corrected chi connectivity index (χ0v) is 15.1. The minimum Gasteiger partial charge on any atom is -0.369 e. The number of halogens is 2. The second kappa shape index (κ2) is 7.26. The van der Waals surface area contributed by atoms with Gasteiger partial charge in [0, 0.05) is 21.2 Å². The molecule has 0 bridgehead atoms. The van der Waals surface area contributed by atoms with Crippen LogP contribution in [0.15, 0.2) is 60.7 Å². The highest BCUT2D eigenvalue weighted by molar-refractivity contribution is 6.36. The van der Waals surface area contributed by atoms with Crippen molar-refractivity contribution < 1.29 is 4.79 Å². The van der Waals surface area contributed by atoms with Crippen LogP contribution in [-0.4, -0.2) is 10.9 Å². The number of hydrogen-bond acceptors (Lipinski definition) is 2. The average Bonchev–Trinajstić information content (AvgIpc) is 2.58. The molecule has 1 aromatic heterocycles. The van der Waals surface area contributed by atoms with Crippen LogP contribution in [0.2, 0.25) is 10.0 Å². The van der Waals surface area contributed by atoms with Crippen LogP contribution in [0.3, 0.4) is 0 Å². The Kier molecular flexibility index (Phi) is 5.07. The highest BCUT2D eigenvalue weighted by atomic mass is 35.5. The lowest BCUT2D eigenvalue weighted by Gasteiger charge is -2.17. The van der Waals surface area contributed by atoms with Crippen LogP contribution in [0.25, 0.3) is 11.3 Å². The number of carbonyl (C=O) groups excluding carboxylic acids is 1. The first-order valence-corrected chi connectivity index (χ1v) is 8.51. The topological polar surface area (TPSA) is 56.0 Å². The number of nitrogens with zero attached hydrogens (tertiary/aromatic N) is 1. The quantitative estimate of drug-likeness (QED) is 0.703. The minimum absolute atomic E-state index is 0.388. The van der Waals surface area contributed by atoms with Crippen LogP contribution < -0.4 is 5.73 Å². The van der Waals surface area contributed by atoms with Gasteiger partial charge in [0.25, 0.3) is 0 Å². The van der Waals surface area contributed by atoms with Crippen molar-refractivity contribution in [2.45, 2.75) is 12.8 Å². The van der Waals surface area contributed by atoms with Gasteiger partial charge >= 0.3 is 0 Å². The number of nitrogens with two attached hydrogens (primary N) is 1. The third kappa shape index (κ3) is 3.53. The second-order valence-corrected chi connectivity index (χ2v) is 6.55. The van der Waals surface area contributed by atoms with Crippen LogP contribution in [0.4, 0.5) is 0 Å². The van der Waals surface area contributed by atoms with Gasteiger partial charge in [0.1, 0.15) is 5.92 Å². The highest BCUT2D eigenvalue weighted by Gasteiger charge is 2.26. The van der Waals surface area contributed by atoms with Crippen LogP contribution in [0, 0.1) is 6.92 Å². The Hall–Kier alpha value is -2.36. The van der Waals surface area contributed by atoms with Gasteiger partial charge in [-0.15, -0.1) is 0 Å². The molecule has 0 spiro atoms. The number of aryl methyl sites for hydroxylation is 1. The molecule has 0 aliphatic carbocycles. The molecule has 0 radical (unpaired) electrons. The number of rotatable bonds is 4. The van der Waals surface area contributed by atoms with Crippen molar-refractivity contribution in [1.29, 1.82) is 0 Å². The summed E-state index contributed by atoms with van der Waals surface area (Å²) in [6, 6.07) is 18.5. The molecule has 0 saturated heterocycles. The highest BCUT2D eigenvalue weighted by Crippen LogP contribution is 2.35. The number of carbonyl (C=O) groups is 1. The summed E-state index contributed by atoms with van der Waals surface area (Å²) in [5, 5.41) is 0.777. The molecule has 1 atom stereocenters. The lowest BCUT2D eigenvalue weighted by atomic mass is 9.93. The largest absolute Gasteiger partial charge is 0.369 e. The molecule has 2 aromatic carbocycles. The monoisotopic (exact) mass is 370 g/mol. The lowest BCUT2D eigenvalue weighted by Crippen LogP contribution is -2.24. The number of benzene rings is 2. The average molecular weight is 371 g/mol. The maximum absolute atomic E-state index is 12.2. The van der Waals surface area contributed by atoms with Crippen LogP contribution in [0.1, 0.15) is 22.7 Å². The van der Waals surface area contributed by atoms with Gasteiger partial charge in [-0.05, 0) is 36.8 Å². The van der Waals surface area contributed by atoms with E-state index in [1.54, 1.807) is 24.3 Å². The molecular formula is C20H16Cl2N2O. The smallest absolute Gasteiger partial charge is 0.231 e. The van der Waals surface area contributed by atoms with E-state index in [4.69, 9.17) is 28.9 Å². The number of pyridine rings is 1. The van der Waals surface area contributed by atoms with E-state index < -0.39 is 11.8 Å². The standard InChI is InChI=1S/C20H16Cl2N2O/c1-12-6-2-3-7-13(12)16-10-5-11-17(24-16)19(20(23)25)18-14(21)8-4-9-15(18)22/h2-11,19H,1H3,(H2,23,25). The van der Waals surface area contributed by atoms with E-state index in [-0.39, 0.29) is 0 Å². The first-order valence-electron chi connectivity index (χ1n) is 7.75. The summed E-state index contributed by atoms with van der Waals surface area (Å²) < 4.78 is 0. The summed E-state index contributed by atoms with van der Waals surface area (Å²) in [6.45, 7) is 2.01. The number of aromatic nitrogens is 1. The van der Waals surface area contributed by atoms with Gasteiger partial charge in [-0.2, -0.15) is 0 Å². The molecule has 0 aliphatic heterocycles. The number of amides is 1. The Morgan fingerprint density at radius 2 is 1.60 bits per heavy atom. The van der Waals surface area contributed by atoms with E-state index in [1.165, 1.54) is 0 Å². The van der Waals surface area contributed by atoms with Crippen molar-refractivity contribution in [3.63, 3.8) is 0 Å². The van der Waals surface area contributed by atoms with Gasteiger partial charge in [-0.1, -0.05) is 59.6 Å². The van der Waals surface area contributed by atoms with Crippen LogP contribution in [0.5, 0.6) is 0 Å². The molecule has 3 aromatic rings. The maximum atomic E-state index is 12.2. The van der Waals surface area contributed by atoms with E-state index in [9.17, 15) is 4.79 Å². The summed E-state index contributed by atoms with van der Waals surface area (Å²) in [4.78, 5) is 16.9. The Bertz CT molecular complexity index is 920. The summed E-state index contributed by atoms with van der Waals surface area (Å²) in [6.07, 6.45) is 0.